The van der Waals surface area contributed by atoms with Crippen molar-refractivity contribution in [2.24, 2.45) is 0 Å². The lowest BCUT2D eigenvalue weighted by Gasteiger charge is -2.03. The molecule has 0 spiro atoms. The number of methoxy groups -OCH3 is 2. The quantitative estimate of drug-likeness (QED) is 0.128. The number of nitrogens with zero attached hydrogens (tertiary/aromatic N) is 3. The molecule has 46 heavy (non-hydrogen) atoms. The number of hydrogen-bond acceptors (Lipinski definition) is 8. The fraction of sp³-hybridized carbons (Fsp3) is 0.0968. The second-order valence-electron chi connectivity index (χ2n) is 9.02. The number of carbonyl (C=O) groups is 2. The Morgan fingerprint density at radius 1 is 0.804 bits per heavy atom. The average Bonchev–Trinajstić information content (AvgIpc) is 3.65. The van der Waals surface area contributed by atoms with Gasteiger partial charge in [0.1, 0.15) is 0 Å². The molecule has 2 heterocycles. The molecular formula is C31H27BBr2Cl2N4O6. The standard InChI is InChI=1S/C15H10BrClN2O2.C9H7ClN2O2.C6H6BBrO2.CH4/c1-21-15(20)14-13-11(17)6-3-7-12(13)19(18-14)10-5-2-4-9(16)8-10;1-14-9(13)8-7-5(10)3-2-4-6(7)11-12-8;8-6-3-1-2-5(4-6)7(9)10;/h2-8H,1H3;2-4H,1H3,(H,11,12);1-4,9-10H;1H4. The number of benzene rings is 4. The smallest absolute Gasteiger partial charge is 0.464 e. The zero-order chi connectivity index (χ0) is 32.7. The van der Waals surface area contributed by atoms with Gasteiger partial charge in [-0.2, -0.15) is 10.2 Å². The van der Waals surface area contributed by atoms with E-state index in [4.69, 9.17) is 38.0 Å². The van der Waals surface area contributed by atoms with E-state index in [0.717, 1.165) is 25.7 Å². The topological polar surface area (TPSA) is 140 Å². The third-order valence-corrected chi connectivity index (χ3v) is 7.77. The van der Waals surface area contributed by atoms with Gasteiger partial charge in [0.2, 0.25) is 0 Å². The van der Waals surface area contributed by atoms with Crippen LogP contribution < -0.4 is 5.46 Å². The number of H-pyrrole nitrogens is 1. The van der Waals surface area contributed by atoms with Crippen molar-refractivity contribution in [2.75, 3.05) is 14.2 Å². The lowest BCUT2D eigenvalue weighted by Crippen LogP contribution is -2.29. The minimum absolute atomic E-state index is 0. The van der Waals surface area contributed by atoms with Crippen LogP contribution in [0.2, 0.25) is 10.0 Å². The van der Waals surface area contributed by atoms with Crippen LogP contribution in [0.4, 0.5) is 0 Å². The summed E-state index contributed by atoms with van der Waals surface area (Å²) in [7, 11) is 1.25. The highest BCUT2D eigenvalue weighted by molar-refractivity contribution is 9.10. The molecule has 0 radical (unpaired) electrons. The van der Waals surface area contributed by atoms with Crippen LogP contribution in [0.5, 0.6) is 0 Å². The molecule has 2 aromatic heterocycles. The Morgan fingerprint density at radius 3 is 1.96 bits per heavy atom. The Kier molecular flexibility index (Phi) is 13.4. The van der Waals surface area contributed by atoms with E-state index in [2.05, 4.69) is 51.9 Å². The van der Waals surface area contributed by atoms with Crippen molar-refractivity contribution in [1.82, 2.24) is 20.0 Å². The predicted octanol–water partition coefficient (Wildman–Crippen LogP) is 7.00. The molecule has 0 aliphatic heterocycles. The number of aromatic amines is 1. The van der Waals surface area contributed by atoms with Gasteiger partial charge < -0.3 is 19.5 Å². The van der Waals surface area contributed by atoms with E-state index in [0.29, 0.717) is 26.3 Å². The summed E-state index contributed by atoms with van der Waals surface area (Å²) in [5, 5.41) is 30.4. The van der Waals surface area contributed by atoms with Crippen molar-refractivity contribution < 1.29 is 29.1 Å². The van der Waals surface area contributed by atoms with Crippen LogP contribution in [0.3, 0.4) is 0 Å². The average molecular weight is 793 g/mol. The Labute approximate surface area is 291 Å². The molecule has 0 amide bonds. The fourth-order valence-corrected chi connectivity index (χ4v) is 5.44. The Hall–Kier alpha value is -3.72. The van der Waals surface area contributed by atoms with E-state index in [-0.39, 0.29) is 18.8 Å². The summed E-state index contributed by atoms with van der Waals surface area (Å²) in [6.45, 7) is 0. The Bertz CT molecular complexity index is 1990. The number of carbonyl (C=O) groups excluding carboxylic acids is 2. The van der Waals surface area contributed by atoms with Crippen molar-refractivity contribution in [2.45, 2.75) is 7.43 Å². The van der Waals surface area contributed by atoms with E-state index in [1.807, 2.05) is 42.5 Å². The van der Waals surface area contributed by atoms with Gasteiger partial charge in [-0.25, -0.2) is 14.3 Å². The summed E-state index contributed by atoms with van der Waals surface area (Å²) >= 11 is 18.8. The van der Waals surface area contributed by atoms with Gasteiger partial charge in [0.05, 0.1) is 51.8 Å². The third-order valence-electron chi connectivity index (χ3n) is 6.15. The van der Waals surface area contributed by atoms with Gasteiger partial charge in [-0.05, 0) is 60.1 Å². The first-order chi connectivity index (χ1) is 21.5. The third kappa shape index (κ3) is 8.55. The zero-order valence-electron chi connectivity index (χ0n) is 23.5. The summed E-state index contributed by atoms with van der Waals surface area (Å²) in [6, 6.07) is 25.2. The molecule has 0 atom stereocenters. The van der Waals surface area contributed by atoms with E-state index >= 15 is 0 Å². The maximum atomic E-state index is 11.9. The molecule has 3 N–H and O–H groups in total. The minimum Gasteiger partial charge on any atom is -0.464 e. The molecule has 6 rings (SSSR count). The van der Waals surface area contributed by atoms with Gasteiger partial charge in [-0.15, -0.1) is 0 Å². The Morgan fingerprint density at radius 2 is 1.37 bits per heavy atom. The first kappa shape index (κ1) is 36.7. The first-order valence-corrected chi connectivity index (χ1v) is 15.2. The molecule has 10 nitrogen and oxygen atoms in total. The van der Waals surface area contributed by atoms with E-state index in [1.54, 1.807) is 47.1 Å². The highest BCUT2D eigenvalue weighted by Gasteiger charge is 2.21. The van der Waals surface area contributed by atoms with Crippen LogP contribution in [0, 0.1) is 0 Å². The van der Waals surface area contributed by atoms with Gasteiger partial charge >= 0.3 is 19.1 Å². The van der Waals surface area contributed by atoms with Crippen molar-refractivity contribution in [3.8, 4) is 5.69 Å². The molecule has 15 heteroatoms. The zero-order valence-corrected chi connectivity index (χ0v) is 28.2. The highest BCUT2D eigenvalue weighted by atomic mass is 79.9. The van der Waals surface area contributed by atoms with Gasteiger partial charge in [-0.1, -0.05) is 92.8 Å². The lowest BCUT2D eigenvalue weighted by molar-refractivity contribution is 0.0587. The largest absolute Gasteiger partial charge is 0.488 e. The minimum atomic E-state index is -1.38. The number of rotatable bonds is 4. The van der Waals surface area contributed by atoms with Crippen molar-refractivity contribution in [1.29, 1.82) is 0 Å². The number of aromatic nitrogens is 4. The number of halogens is 4. The molecule has 0 bridgehead atoms. The normalized spacial score (nSPS) is 10.2. The van der Waals surface area contributed by atoms with Crippen LogP contribution >= 0.6 is 55.1 Å². The number of fused-ring (bicyclic) bond motifs is 2. The fourth-order valence-electron chi connectivity index (χ4n) is 4.11. The van der Waals surface area contributed by atoms with Gasteiger partial charge in [0, 0.05) is 8.95 Å². The molecule has 0 aliphatic carbocycles. The van der Waals surface area contributed by atoms with Crippen LogP contribution in [-0.2, 0) is 9.47 Å². The maximum absolute atomic E-state index is 11.9. The van der Waals surface area contributed by atoms with Gasteiger partial charge in [0.25, 0.3) is 0 Å². The Balaban J connectivity index is 0.000000200. The summed E-state index contributed by atoms with van der Waals surface area (Å²) in [5.74, 6) is -1.01. The molecule has 0 fully saturated rings. The van der Waals surface area contributed by atoms with Crippen LogP contribution in [-0.4, -0.2) is 63.3 Å². The number of esters is 2. The van der Waals surface area contributed by atoms with Crippen molar-refractivity contribution in [3.05, 3.63) is 115 Å². The van der Waals surface area contributed by atoms with E-state index < -0.39 is 19.1 Å². The van der Waals surface area contributed by atoms with Gasteiger partial charge in [0.15, 0.2) is 11.4 Å². The second-order valence-corrected chi connectivity index (χ2v) is 11.7. The second kappa shape index (κ2) is 16.7. The molecule has 0 aliphatic rings. The van der Waals surface area contributed by atoms with Crippen LogP contribution in [0.1, 0.15) is 28.4 Å². The number of nitrogens with one attached hydrogen (secondary N) is 1. The number of ether oxygens (including phenoxy) is 2. The molecule has 0 saturated carbocycles. The van der Waals surface area contributed by atoms with Crippen molar-refractivity contribution >= 4 is 101 Å². The summed E-state index contributed by atoms with van der Waals surface area (Å²) in [4.78, 5) is 23.2. The van der Waals surface area contributed by atoms with Crippen LogP contribution in [0.25, 0.3) is 27.5 Å². The molecule has 4 aromatic carbocycles. The van der Waals surface area contributed by atoms with Gasteiger partial charge in [-0.3, -0.25) is 5.10 Å². The van der Waals surface area contributed by atoms with E-state index in [9.17, 15) is 9.59 Å². The predicted molar refractivity (Wildman–Crippen MR) is 188 cm³/mol. The van der Waals surface area contributed by atoms with Crippen molar-refractivity contribution in [3.63, 3.8) is 0 Å². The maximum Gasteiger partial charge on any atom is 0.488 e. The first-order valence-electron chi connectivity index (χ1n) is 12.9. The monoisotopic (exact) mass is 790 g/mol. The molecule has 0 saturated heterocycles. The highest BCUT2D eigenvalue weighted by Crippen LogP contribution is 2.30. The summed E-state index contributed by atoms with van der Waals surface area (Å²) in [6.07, 6.45) is 0. The SMILES string of the molecule is C.COC(=O)c1n[nH]c2cccc(Cl)c12.COC(=O)c1nn(-c2cccc(Br)c2)c2cccc(Cl)c12.OB(O)c1cccc(Br)c1. The van der Waals surface area contributed by atoms with E-state index in [1.165, 1.54) is 14.2 Å². The summed E-state index contributed by atoms with van der Waals surface area (Å²) < 4.78 is 12.8. The molecule has 0 unspecified atom stereocenters. The van der Waals surface area contributed by atoms with Crippen LogP contribution in [0.15, 0.2) is 93.9 Å². The lowest BCUT2D eigenvalue weighted by atomic mass is 9.81. The molecular weight excluding hydrogens is 766 g/mol. The summed E-state index contributed by atoms with van der Waals surface area (Å²) in [5.41, 5.74) is 3.21. The molecule has 238 valence electrons. The number of hydrogen-bond donors (Lipinski definition) is 3. The molecule has 6 aromatic rings.